The molecule has 0 saturated carbocycles. The molecule has 0 aliphatic carbocycles. The zero-order chi connectivity index (χ0) is 39.2. The lowest BCUT2D eigenvalue weighted by molar-refractivity contribution is 0.341. The van der Waals surface area contributed by atoms with Crippen LogP contribution in [0.4, 0.5) is 28.4 Å². The van der Waals surface area contributed by atoms with Crippen molar-refractivity contribution in [2.24, 2.45) is 20.5 Å². The summed E-state index contributed by atoms with van der Waals surface area (Å²) >= 11 is 0. The molecule has 7 N–H and O–H groups in total. The van der Waals surface area contributed by atoms with E-state index in [1.165, 1.54) is 36.4 Å². The largest absolute Gasteiger partial charge is 0.505 e. The molecule has 6 rings (SSSR count). The summed E-state index contributed by atoms with van der Waals surface area (Å²) in [5.41, 5.74) is 6.72. The molecule has 0 atom stereocenters. The molecular weight excluding hydrogens is 767 g/mol. The highest BCUT2D eigenvalue weighted by Crippen LogP contribution is 2.44. The topological polar surface area (TPSA) is 288 Å². The lowest BCUT2D eigenvalue weighted by Gasteiger charge is -2.11. The van der Waals surface area contributed by atoms with Crippen molar-refractivity contribution in [3.63, 3.8) is 0 Å². The third kappa shape index (κ3) is 7.69. The van der Waals surface area contributed by atoms with Gasteiger partial charge in [0.1, 0.15) is 32.6 Å². The average molecular weight is 794 g/mol. The molecule has 0 aliphatic rings. The Morgan fingerprint density at radius 3 is 1.85 bits per heavy atom. The Labute approximate surface area is 307 Å². The Bertz CT molecular complexity index is 2900. The van der Waals surface area contributed by atoms with Crippen molar-refractivity contribution in [1.29, 1.82) is 0 Å². The van der Waals surface area contributed by atoms with Crippen LogP contribution in [0.15, 0.2) is 126 Å². The number of fused-ring (bicyclic) bond motifs is 2. The van der Waals surface area contributed by atoms with Gasteiger partial charge in [-0.15, -0.1) is 15.3 Å². The van der Waals surface area contributed by atoms with E-state index in [1.807, 2.05) is 0 Å². The number of nitrogens with zero attached hydrogens (tertiary/aromatic N) is 4. The summed E-state index contributed by atoms with van der Waals surface area (Å²) in [6, 6.07) is 20.7. The number of ether oxygens (including phenoxy) is 1. The van der Waals surface area contributed by atoms with Gasteiger partial charge < -0.3 is 20.7 Å². The number of benzene rings is 6. The second kappa shape index (κ2) is 14.1. The molecule has 6 aromatic rings. The molecule has 0 radical (unpaired) electrons. The Balaban J connectivity index is 1.34. The summed E-state index contributed by atoms with van der Waals surface area (Å²) in [6.45, 7) is 1.92. The predicted octanol–water partition coefficient (Wildman–Crippen LogP) is 7.62. The summed E-state index contributed by atoms with van der Waals surface area (Å²) in [7, 11) is -14.5. The molecule has 278 valence electrons. The maximum absolute atomic E-state index is 12.2. The van der Waals surface area contributed by atoms with Crippen molar-refractivity contribution in [2.45, 2.75) is 21.6 Å². The summed E-state index contributed by atoms with van der Waals surface area (Å²) in [4.78, 5) is -2.13. The van der Waals surface area contributed by atoms with E-state index < -0.39 is 67.9 Å². The summed E-state index contributed by atoms with van der Waals surface area (Å²) in [6.07, 6.45) is 0. The van der Waals surface area contributed by atoms with E-state index in [-0.39, 0.29) is 45.3 Å². The predicted molar refractivity (Wildman–Crippen MR) is 196 cm³/mol. The maximum atomic E-state index is 12.2. The first-order valence-electron chi connectivity index (χ1n) is 15.3. The van der Waals surface area contributed by atoms with Gasteiger partial charge in [0.25, 0.3) is 30.4 Å². The fourth-order valence-corrected chi connectivity index (χ4v) is 7.19. The lowest BCUT2D eigenvalue weighted by atomic mass is 10.0. The first-order valence-corrected chi connectivity index (χ1v) is 19.7. The van der Waals surface area contributed by atoms with Crippen molar-refractivity contribution >= 4 is 80.3 Å². The fourth-order valence-electron chi connectivity index (χ4n) is 5.41. The van der Waals surface area contributed by atoms with E-state index in [0.717, 1.165) is 30.3 Å². The van der Waals surface area contributed by atoms with E-state index in [2.05, 4.69) is 20.5 Å². The Hall–Kier alpha value is -6.03. The molecule has 17 nitrogen and oxygen atoms in total. The smallest absolute Gasteiger partial charge is 0.298 e. The van der Waals surface area contributed by atoms with E-state index in [1.54, 1.807) is 31.2 Å². The number of anilines is 1. The number of azo groups is 2. The first-order chi connectivity index (χ1) is 25.3. The third-order valence-electron chi connectivity index (χ3n) is 7.94. The molecule has 54 heavy (non-hydrogen) atoms. The average Bonchev–Trinajstić information content (AvgIpc) is 3.10. The van der Waals surface area contributed by atoms with Crippen LogP contribution in [0.2, 0.25) is 0 Å². The molecule has 0 unspecified atom stereocenters. The van der Waals surface area contributed by atoms with E-state index in [4.69, 9.17) is 10.5 Å². The number of phenolic OH excluding ortho intramolecular Hbond substituents is 2. The SMILES string of the molecule is CCOc1cc(-c2ccc(N=Nc3c(O)c(S(=O)(=O)O)cc4ccc(S(=O)(=O)O)cc34)cc2)ccc1N=Nc1c(S(=O)(=O)O)cc2ccc(N)cc2c1O. The zero-order valence-corrected chi connectivity index (χ0v) is 30.0. The highest BCUT2D eigenvalue weighted by Gasteiger charge is 2.24. The minimum atomic E-state index is -4.95. The number of aromatic hydroxyl groups is 2. The van der Waals surface area contributed by atoms with Crippen molar-refractivity contribution in [3.8, 4) is 28.4 Å². The quantitative estimate of drug-likeness (QED) is 0.0442. The lowest BCUT2D eigenvalue weighted by Crippen LogP contribution is -2.00. The van der Waals surface area contributed by atoms with Gasteiger partial charge in [0.15, 0.2) is 11.5 Å². The Kier molecular flexibility index (Phi) is 9.83. The van der Waals surface area contributed by atoms with Crippen molar-refractivity contribution in [2.75, 3.05) is 12.3 Å². The minimum Gasteiger partial charge on any atom is -0.505 e. The number of hydrogen-bond acceptors (Lipinski definition) is 14. The monoisotopic (exact) mass is 793 g/mol. The van der Waals surface area contributed by atoms with E-state index in [0.29, 0.717) is 16.8 Å². The van der Waals surface area contributed by atoms with Crippen LogP contribution < -0.4 is 10.5 Å². The van der Waals surface area contributed by atoms with Crippen LogP contribution in [0, 0.1) is 0 Å². The molecule has 0 bridgehead atoms. The van der Waals surface area contributed by atoms with Crippen LogP contribution in [-0.2, 0) is 30.4 Å². The maximum Gasteiger partial charge on any atom is 0.298 e. The van der Waals surface area contributed by atoms with Crippen molar-refractivity contribution in [3.05, 3.63) is 91.0 Å². The minimum absolute atomic E-state index is 0.0586. The molecule has 0 aliphatic heterocycles. The second-order valence-electron chi connectivity index (χ2n) is 11.5. The number of hydrogen-bond donors (Lipinski definition) is 6. The van der Waals surface area contributed by atoms with Gasteiger partial charge in [-0.05, 0) is 89.5 Å². The molecule has 0 saturated heterocycles. The van der Waals surface area contributed by atoms with Crippen molar-refractivity contribution in [1.82, 2.24) is 0 Å². The normalized spacial score (nSPS) is 12.7. The molecule has 0 aromatic heterocycles. The summed E-state index contributed by atoms with van der Waals surface area (Å²) < 4.78 is 107. The molecule has 20 heteroatoms. The van der Waals surface area contributed by atoms with Crippen LogP contribution in [0.25, 0.3) is 32.7 Å². The van der Waals surface area contributed by atoms with Gasteiger partial charge in [-0.25, -0.2) is 0 Å². The van der Waals surface area contributed by atoms with Gasteiger partial charge in [0.05, 0.1) is 17.2 Å². The number of nitrogen functional groups attached to an aromatic ring is 1. The van der Waals surface area contributed by atoms with E-state index in [9.17, 15) is 49.1 Å². The van der Waals surface area contributed by atoms with Crippen LogP contribution in [0.1, 0.15) is 6.92 Å². The highest BCUT2D eigenvalue weighted by molar-refractivity contribution is 7.86. The molecule has 0 heterocycles. The van der Waals surface area contributed by atoms with Gasteiger partial charge in [-0.3, -0.25) is 13.7 Å². The molecule has 6 aromatic carbocycles. The Morgan fingerprint density at radius 2 is 1.20 bits per heavy atom. The molecule has 0 spiro atoms. The van der Waals surface area contributed by atoms with Crippen LogP contribution in [0.5, 0.6) is 17.2 Å². The van der Waals surface area contributed by atoms with Crippen LogP contribution >= 0.6 is 0 Å². The number of rotatable bonds is 10. The summed E-state index contributed by atoms with van der Waals surface area (Å²) in [5, 5.41) is 38.1. The number of phenols is 2. The van der Waals surface area contributed by atoms with Crippen LogP contribution in [-0.4, -0.2) is 55.7 Å². The van der Waals surface area contributed by atoms with Gasteiger partial charge in [0.2, 0.25) is 0 Å². The number of nitrogens with two attached hydrogens (primary N) is 1. The summed E-state index contributed by atoms with van der Waals surface area (Å²) in [5.74, 6) is -1.35. The van der Waals surface area contributed by atoms with Gasteiger partial charge in [-0.2, -0.15) is 30.4 Å². The Morgan fingerprint density at radius 1 is 0.593 bits per heavy atom. The third-order valence-corrected chi connectivity index (χ3v) is 10.5. The van der Waals surface area contributed by atoms with Crippen LogP contribution in [0.3, 0.4) is 0 Å². The van der Waals surface area contributed by atoms with Gasteiger partial charge in [0, 0.05) is 16.5 Å². The van der Waals surface area contributed by atoms with Gasteiger partial charge in [-0.1, -0.05) is 30.3 Å². The molecule has 0 amide bonds. The zero-order valence-electron chi connectivity index (χ0n) is 27.6. The first kappa shape index (κ1) is 37.7. The standard InChI is InChI=1S/C34H27N5O12S3/c1-2-51-28-13-19(7-12-27(28)37-39-32-29(53(45,46)47)14-21-3-8-22(35)16-26(21)33(32)40)18-4-9-23(10-5-18)36-38-31-25-17-24(52(42,43)44)11-6-20(25)15-30(34(31)41)54(48,49)50/h3-17,40-41H,2,35H2,1H3,(H,42,43,44)(H,45,46,47)(H,48,49,50). The van der Waals surface area contributed by atoms with Gasteiger partial charge >= 0.3 is 0 Å². The molecular formula is C34H27N5O12S3. The molecule has 0 fully saturated rings. The highest BCUT2D eigenvalue weighted by atomic mass is 32.2. The fraction of sp³-hybridized carbons (Fsp3) is 0.0588. The van der Waals surface area contributed by atoms with E-state index >= 15 is 0 Å². The van der Waals surface area contributed by atoms with Crippen molar-refractivity contribution < 1.29 is 53.9 Å². The second-order valence-corrected chi connectivity index (χ2v) is 15.7.